The van der Waals surface area contributed by atoms with Gasteiger partial charge < -0.3 is 20.9 Å². The Morgan fingerprint density at radius 3 is 2.62 bits per heavy atom. The third kappa shape index (κ3) is 2.63. The fourth-order valence-corrected chi connectivity index (χ4v) is 1.14. The molecule has 0 aliphatic heterocycles. The van der Waals surface area contributed by atoms with E-state index in [0.29, 0.717) is 0 Å². The fraction of sp³-hybridized carbons (Fsp3) is 0.200. The number of carbonyl (C=O) groups excluding carboxylic acids is 2. The topological polar surface area (TPSA) is 105 Å². The summed E-state index contributed by atoms with van der Waals surface area (Å²) in [4.78, 5) is 22.0. The van der Waals surface area contributed by atoms with E-state index in [-0.39, 0.29) is 23.6 Å². The van der Waals surface area contributed by atoms with Crippen molar-refractivity contribution in [2.45, 2.75) is 0 Å². The van der Waals surface area contributed by atoms with Crippen LogP contribution in [0.3, 0.4) is 0 Å². The minimum atomic E-state index is -0.641. The van der Waals surface area contributed by atoms with E-state index in [4.69, 9.17) is 16.2 Å². The minimum absolute atomic E-state index is 0.0891. The van der Waals surface area contributed by atoms with Crippen LogP contribution in [0.15, 0.2) is 18.2 Å². The van der Waals surface area contributed by atoms with Gasteiger partial charge in [-0.3, -0.25) is 4.79 Å². The van der Waals surface area contributed by atoms with Crippen molar-refractivity contribution in [1.82, 2.24) is 0 Å². The normalized spacial score (nSPS) is 9.56. The van der Waals surface area contributed by atoms with Gasteiger partial charge in [0, 0.05) is 5.69 Å². The quantitative estimate of drug-likeness (QED) is 0.549. The summed E-state index contributed by atoms with van der Waals surface area (Å²) in [7, 11) is 1.23. The molecule has 16 heavy (non-hydrogen) atoms. The lowest BCUT2D eigenvalue weighted by atomic mass is 10.1. The van der Waals surface area contributed by atoms with Crippen LogP contribution in [0.2, 0.25) is 0 Å². The molecule has 1 aromatic carbocycles. The average molecular weight is 224 g/mol. The zero-order valence-corrected chi connectivity index (χ0v) is 8.73. The molecule has 0 aliphatic rings. The zero-order valence-electron chi connectivity index (χ0n) is 8.73. The molecular formula is C10H12N2O4. The lowest BCUT2D eigenvalue weighted by molar-refractivity contribution is -0.119. The smallest absolute Gasteiger partial charge is 0.343 e. The van der Waals surface area contributed by atoms with Crippen molar-refractivity contribution in [3.05, 3.63) is 23.8 Å². The highest BCUT2D eigenvalue weighted by molar-refractivity contribution is 5.98. The summed E-state index contributed by atoms with van der Waals surface area (Å²) in [5.74, 6) is -1.10. The molecule has 1 amide bonds. The van der Waals surface area contributed by atoms with Gasteiger partial charge in [-0.2, -0.15) is 0 Å². The van der Waals surface area contributed by atoms with E-state index in [2.05, 4.69) is 4.74 Å². The lowest BCUT2D eigenvalue weighted by Gasteiger charge is -2.10. The molecular weight excluding hydrogens is 212 g/mol. The first-order valence-corrected chi connectivity index (χ1v) is 4.44. The van der Waals surface area contributed by atoms with E-state index < -0.39 is 11.9 Å². The van der Waals surface area contributed by atoms with Gasteiger partial charge in [0.2, 0.25) is 0 Å². The summed E-state index contributed by atoms with van der Waals surface area (Å²) < 4.78 is 9.60. The number of nitrogen functional groups attached to an aromatic ring is 1. The van der Waals surface area contributed by atoms with Crippen molar-refractivity contribution in [3.8, 4) is 5.75 Å². The summed E-state index contributed by atoms with van der Waals surface area (Å²) in [6.45, 7) is -0.326. The van der Waals surface area contributed by atoms with E-state index in [1.54, 1.807) is 6.07 Å². The second-order valence-electron chi connectivity index (χ2n) is 2.97. The number of ether oxygens (including phenoxy) is 2. The predicted octanol–water partition coefficient (Wildman–Crippen LogP) is -0.0805. The van der Waals surface area contributed by atoms with Crippen molar-refractivity contribution >= 4 is 17.6 Å². The standard InChI is InChI=1S/C10H12N2O4/c1-15-10(14)9-6(11)3-2-4-7(9)16-5-8(12)13/h2-4H,5,11H2,1H3,(H2,12,13). The van der Waals surface area contributed by atoms with Gasteiger partial charge in [0.15, 0.2) is 6.61 Å². The number of esters is 1. The summed E-state index contributed by atoms with van der Waals surface area (Å²) in [6.07, 6.45) is 0. The van der Waals surface area contributed by atoms with Gasteiger partial charge in [-0.05, 0) is 12.1 Å². The summed E-state index contributed by atoms with van der Waals surface area (Å²) in [6, 6.07) is 4.63. The maximum absolute atomic E-state index is 11.4. The Bertz CT molecular complexity index is 417. The van der Waals surface area contributed by atoms with Gasteiger partial charge in [0.25, 0.3) is 5.91 Å². The number of primary amides is 1. The first kappa shape index (κ1) is 11.8. The molecule has 0 atom stereocenters. The van der Waals surface area contributed by atoms with Gasteiger partial charge >= 0.3 is 5.97 Å². The van der Waals surface area contributed by atoms with Gasteiger partial charge in [0.1, 0.15) is 11.3 Å². The molecule has 1 aromatic rings. The summed E-state index contributed by atoms with van der Waals surface area (Å²) >= 11 is 0. The van der Waals surface area contributed by atoms with Gasteiger partial charge in [-0.1, -0.05) is 6.07 Å². The van der Waals surface area contributed by atoms with E-state index in [0.717, 1.165) is 0 Å². The Morgan fingerprint density at radius 2 is 2.06 bits per heavy atom. The largest absolute Gasteiger partial charge is 0.483 e. The zero-order chi connectivity index (χ0) is 12.1. The summed E-state index contributed by atoms with van der Waals surface area (Å²) in [5, 5.41) is 0. The van der Waals surface area contributed by atoms with Gasteiger partial charge in [0.05, 0.1) is 7.11 Å². The number of amides is 1. The molecule has 0 unspecified atom stereocenters. The van der Waals surface area contributed by atoms with Crippen molar-refractivity contribution in [2.75, 3.05) is 19.5 Å². The number of anilines is 1. The average Bonchev–Trinajstić information content (AvgIpc) is 2.25. The number of nitrogens with two attached hydrogens (primary N) is 2. The first-order chi connectivity index (χ1) is 7.56. The third-order valence-electron chi connectivity index (χ3n) is 1.82. The maximum Gasteiger partial charge on any atom is 0.343 e. The Labute approximate surface area is 92.1 Å². The van der Waals surface area contributed by atoms with Crippen LogP contribution in [0.1, 0.15) is 10.4 Å². The molecule has 0 aromatic heterocycles. The molecule has 0 spiro atoms. The molecule has 0 heterocycles. The molecule has 1 rings (SSSR count). The maximum atomic E-state index is 11.4. The van der Waals surface area contributed by atoms with E-state index in [9.17, 15) is 9.59 Å². The molecule has 86 valence electrons. The highest BCUT2D eigenvalue weighted by atomic mass is 16.5. The molecule has 0 aliphatic carbocycles. The van der Waals surface area contributed by atoms with Crippen LogP contribution >= 0.6 is 0 Å². The summed E-state index contributed by atoms with van der Waals surface area (Å²) in [5.41, 5.74) is 10.8. The molecule has 0 saturated carbocycles. The van der Waals surface area contributed by atoms with E-state index in [1.807, 2.05) is 0 Å². The predicted molar refractivity (Wildman–Crippen MR) is 56.9 cm³/mol. The SMILES string of the molecule is COC(=O)c1c(N)cccc1OCC(N)=O. The second-order valence-corrected chi connectivity index (χ2v) is 2.97. The Morgan fingerprint density at radius 1 is 1.38 bits per heavy atom. The molecule has 0 bridgehead atoms. The Balaban J connectivity index is 3.03. The minimum Gasteiger partial charge on any atom is -0.483 e. The number of carbonyl (C=O) groups is 2. The molecule has 6 nitrogen and oxygen atoms in total. The highest BCUT2D eigenvalue weighted by Gasteiger charge is 2.16. The lowest BCUT2D eigenvalue weighted by Crippen LogP contribution is -2.21. The van der Waals surface area contributed by atoms with E-state index >= 15 is 0 Å². The van der Waals surface area contributed by atoms with E-state index in [1.165, 1.54) is 19.2 Å². The number of rotatable bonds is 4. The fourth-order valence-electron chi connectivity index (χ4n) is 1.14. The van der Waals surface area contributed by atoms with Crippen LogP contribution in [-0.4, -0.2) is 25.6 Å². The van der Waals surface area contributed by atoms with Crippen LogP contribution in [0, 0.1) is 0 Å². The van der Waals surface area contributed by atoms with Gasteiger partial charge in [-0.15, -0.1) is 0 Å². The van der Waals surface area contributed by atoms with Crippen LogP contribution in [0.5, 0.6) is 5.75 Å². The third-order valence-corrected chi connectivity index (χ3v) is 1.82. The van der Waals surface area contributed by atoms with Crippen molar-refractivity contribution in [3.63, 3.8) is 0 Å². The van der Waals surface area contributed by atoms with Crippen molar-refractivity contribution in [2.24, 2.45) is 5.73 Å². The number of benzene rings is 1. The number of hydrogen-bond donors (Lipinski definition) is 2. The Kier molecular flexibility index (Phi) is 3.71. The van der Waals surface area contributed by atoms with Gasteiger partial charge in [-0.25, -0.2) is 4.79 Å². The molecule has 0 radical (unpaired) electrons. The van der Waals surface area contributed by atoms with Crippen LogP contribution in [0.25, 0.3) is 0 Å². The van der Waals surface area contributed by atoms with Crippen molar-refractivity contribution < 1.29 is 19.1 Å². The molecule has 0 fully saturated rings. The van der Waals surface area contributed by atoms with Crippen LogP contribution in [0.4, 0.5) is 5.69 Å². The first-order valence-electron chi connectivity index (χ1n) is 4.44. The highest BCUT2D eigenvalue weighted by Crippen LogP contribution is 2.24. The molecule has 0 saturated heterocycles. The molecule has 4 N–H and O–H groups in total. The van der Waals surface area contributed by atoms with Crippen LogP contribution < -0.4 is 16.2 Å². The number of hydrogen-bond acceptors (Lipinski definition) is 5. The monoisotopic (exact) mass is 224 g/mol. The van der Waals surface area contributed by atoms with Crippen LogP contribution in [-0.2, 0) is 9.53 Å². The second kappa shape index (κ2) is 5.01. The molecule has 6 heteroatoms. The van der Waals surface area contributed by atoms with Crippen molar-refractivity contribution in [1.29, 1.82) is 0 Å². The Hall–Kier alpha value is -2.24. The number of methoxy groups -OCH3 is 1.